The van der Waals surface area contributed by atoms with Gasteiger partial charge in [0.2, 0.25) is 0 Å². The van der Waals surface area contributed by atoms with Gasteiger partial charge in [0.1, 0.15) is 5.69 Å². The van der Waals surface area contributed by atoms with Crippen molar-refractivity contribution in [3.63, 3.8) is 0 Å². The average Bonchev–Trinajstić information content (AvgIpc) is 3.06. The van der Waals surface area contributed by atoms with Crippen LogP contribution in [0.3, 0.4) is 0 Å². The molecule has 0 unspecified atom stereocenters. The van der Waals surface area contributed by atoms with Gasteiger partial charge in [0.05, 0.1) is 0 Å². The first-order chi connectivity index (χ1) is 12.0. The zero-order chi connectivity index (χ0) is 18.2. The summed E-state index contributed by atoms with van der Waals surface area (Å²) in [5, 5.41) is 10.1. The van der Waals surface area contributed by atoms with Gasteiger partial charge in [-0.15, -0.1) is 0 Å². The third-order valence-corrected chi connectivity index (χ3v) is 4.34. The van der Waals surface area contributed by atoms with E-state index in [9.17, 15) is 4.79 Å². The number of nitrogens with one attached hydrogen (secondary N) is 2. The van der Waals surface area contributed by atoms with Crippen molar-refractivity contribution in [1.82, 2.24) is 20.4 Å². The molecule has 136 valence electrons. The van der Waals surface area contributed by atoms with Crippen molar-refractivity contribution in [3.8, 4) is 0 Å². The van der Waals surface area contributed by atoms with Crippen molar-refractivity contribution in [3.05, 3.63) is 52.8 Å². The Bertz CT molecular complexity index is 674. The van der Waals surface area contributed by atoms with Gasteiger partial charge >= 0.3 is 0 Å². The molecule has 5 nitrogen and oxygen atoms in total. The Hall–Kier alpha value is -2.14. The Morgan fingerprint density at radius 3 is 2.52 bits per heavy atom. The number of aromatic amines is 1. The van der Waals surface area contributed by atoms with E-state index in [0.29, 0.717) is 18.2 Å². The summed E-state index contributed by atoms with van der Waals surface area (Å²) in [5.41, 5.74) is 3.87. The molecule has 2 aromatic rings. The highest BCUT2D eigenvalue weighted by molar-refractivity contribution is 5.92. The number of nitrogens with zero attached hydrogens (tertiary/aromatic N) is 2. The molecule has 0 aliphatic rings. The van der Waals surface area contributed by atoms with Gasteiger partial charge in [-0.05, 0) is 42.6 Å². The minimum atomic E-state index is -0.135. The molecule has 1 aromatic heterocycles. The second-order valence-electron chi connectivity index (χ2n) is 6.79. The Balaban J connectivity index is 1.98. The Morgan fingerprint density at radius 1 is 1.20 bits per heavy atom. The number of rotatable bonds is 9. The lowest BCUT2D eigenvalue weighted by molar-refractivity contribution is 0.0945. The van der Waals surface area contributed by atoms with Crippen molar-refractivity contribution in [2.24, 2.45) is 5.92 Å². The zero-order valence-corrected chi connectivity index (χ0v) is 15.8. The van der Waals surface area contributed by atoms with E-state index in [1.165, 1.54) is 5.56 Å². The van der Waals surface area contributed by atoms with Crippen LogP contribution >= 0.6 is 0 Å². The van der Waals surface area contributed by atoms with Crippen LogP contribution < -0.4 is 5.32 Å². The fraction of sp³-hybridized carbons (Fsp3) is 0.500. The topological polar surface area (TPSA) is 61.0 Å². The molecule has 0 radical (unpaired) electrons. The molecule has 0 aliphatic heterocycles. The molecular weight excluding hydrogens is 312 g/mol. The van der Waals surface area contributed by atoms with Gasteiger partial charge in [0.15, 0.2) is 0 Å². The number of benzene rings is 1. The van der Waals surface area contributed by atoms with Crippen molar-refractivity contribution in [2.45, 2.75) is 47.2 Å². The van der Waals surface area contributed by atoms with Gasteiger partial charge in [-0.1, -0.05) is 52.0 Å². The number of hydrogen-bond donors (Lipinski definition) is 2. The minimum absolute atomic E-state index is 0.135. The lowest BCUT2D eigenvalue weighted by atomic mass is 10.1. The molecule has 0 saturated carbocycles. The third kappa shape index (κ3) is 5.71. The number of carbonyl (C=O) groups is 1. The van der Waals surface area contributed by atoms with E-state index >= 15 is 0 Å². The molecule has 0 atom stereocenters. The summed E-state index contributed by atoms with van der Waals surface area (Å²) in [5.74, 6) is 0.396. The van der Waals surface area contributed by atoms with Crippen LogP contribution in [0, 0.1) is 5.92 Å². The molecule has 0 spiro atoms. The first-order valence-corrected chi connectivity index (χ1v) is 9.15. The molecule has 0 bridgehead atoms. The van der Waals surface area contributed by atoms with Gasteiger partial charge in [-0.3, -0.25) is 14.8 Å². The van der Waals surface area contributed by atoms with Gasteiger partial charge in [0, 0.05) is 18.8 Å². The molecule has 1 amide bonds. The molecule has 25 heavy (non-hydrogen) atoms. The quantitative estimate of drug-likeness (QED) is 0.734. The van der Waals surface area contributed by atoms with Gasteiger partial charge < -0.3 is 5.32 Å². The first kappa shape index (κ1) is 19.2. The summed E-state index contributed by atoms with van der Waals surface area (Å²) in [7, 11) is 0. The van der Waals surface area contributed by atoms with Crippen LogP contribution in [0.5, 0.6) is 0 Å². The largest absolute Gasteiger partial charge is 0.347 e. The lowest BCUT2D eigenvalue weighted by Crippen LogP contribution is -2.26. The Morgan fingerprint density at radius 2 is 1.88 bits per heavy atom. The maximum Gasteiger partial charge on any atom is 0.272 e. The Kier molecular flexibility index (Phi) is 7.19. The Labute approximate surface area is 150 Å². The van der Waals surface area contributed by atoms with Crippen LogP contribution in [0.15, 0.2) is 30.3 Å². The maximum absolute atomic E-state index is 12.4. The van der Waals surface area contributed by atoms with Crippen LogP contribution in [-0.2, 0) is 19.5 Å². The van der Waals surface area contributed by atoms with Crippen LogP contribution in [0.1, 0.15) is 55.0 Å². The maximum atomic E-state index is 12.4. The predicted molar refractivity (Wildman–Crippen MR) is 101 cm³/mol. The van der Waals surface area contributed by atoms with Crippen molar-refractivity contribution < 1.29 is 4.79 Å². The van der Waals surface area contributed by atoms with E-state index < -0.39 is 0 Å². The normalized spacial score (nSPS) is 11.3. The zero-order valence-electron chi connectivity index (χ0n) is 15.8. The van der Waals surface area contributed by atoms with Crippen LogP contribution in [-0.4, -0.2) is 34.1 Å². The third-order valence-electron chi connectivity index (χ3n) is 4.34. The highest BCUT2D eigenvalue weighted by atomic mass is 16.1. The lowest BCUT2D eigenvalue weighted by Gasteiger charge is -2.20. The van der Waals surface area contributed by atoms with E-state index in [0.717, 1.165) is 37.3 Å². The number of aromatic nitrogens is 2. The monoisotopic (exact) mass is 342 g/mol. The summed E-state index contributed by atoms with van der Waals surface area (Å²) >= 11 is 0. The van der Waals surface area contributed by atoms with E-state index in [1.54, 1.807) is 0 Å². The second-order valence-corrected chi connectivity index (χ2v) is 6.79. The van der Waals surface area contributed by atoms with E-state index in [4.69, 9.17) is 0 Å². The molecule has 2 rings (SSSR count). The number of amides is 1. The summed E-state index contributed by atoms with van der Waals surface area (Å²) in [6.45, 7) is 12.1. The number of hydrogen-bond acceptors (Lipinski definition) is 3. The standard InChI is InChI=1S/C20H30N4O/c1-5-24(6-2)14-17-10-8-7-9-16(17)13-21-20(25)19-12-18(22-23-19)11-15(3)4/h7-10,12,15H,5-6,11,13-14H2,1-4H3,(H,21,25)(H,22,23). The van der Waals surface area contributed by atoms with Crippen LogP contribution in [0.4, 0.5) is 0 Å². The summed E-state index contributed by atoms with van der Waals surface area (Å²) in [6, 6.07) is 10.1. The second kappa shape index (κ2) is 9.37. The summed E-state index contributed by atoms with van der Waals surface area (Å²) < 4.78 is 0. The molecule has 1 aromatic carbocycles. The van der Waals surface area contributed by atoms with E-state index in [-0.39, 0.29) is 5.91 Å². The van der Waals surface area contributed by atoms with Crippen molar-refractivity contribution >= 4 is 5.91 Å². The fourth-order valence-corrected chi connectivity index (χ4v) is 2.86. The molecule has 2 N–H and O–H groups in total. The molecule has 0 fully saturated rings. The number of carbonyl (C=O) groups excluding carboxylic acids is 1. The smallest absolute Gasteiger partial charge is 0.272 e. The fourth-order valence-electron chi connectivity index (χ4n) is 2.86. The molecule has 5 heteroatoms. The molecule has 0 aliphatic carbocycles. The van der Waals surface area contributed by atoms with Gasteiger partial charge in [-0.2, -0.15) is 5.10 Å². The SMILES string of the molecule is CCN(CC)Cc1ccccc1CNC(=O)c1cc(CC(C)C)[nH]n1. The number of H-pyrrole nitrogens is 1. The minimum Gasteiger partial charge on any atom is -0.347 e. The predicted octanol–water partition coefficient (Wildman–Crippen LogP) is 3.38. The summed E-state index contributed by atoms with van der Waals surface area (Å²) in [4.78, 5) is 14.7. The summed E-state index contributed by atoms with van der Waals surface area (Å²) in [6.07, 6.45) is 0.896. The molecular formula is C20H30N4O. The van der Waals surface area contributed by atoms with Crippen LogP contribution in [0.25, 0.3) is 0 Å². The molecule has 1 heterocycles. The van der Waals surface area contributed by atoms with Crippen molar-refractivity contribution in [2.75, 3.05) is 13.1 Å². The van der Waals surface area contributed by atoms with E-state index in [2.05, 4.69) is 66.3 Å². The van der Waals surface area contributed by atoms with E-state index in [1.807, 2.05) is 12.1 Å². The highest BCUT2D eigenvalue weighted by Gasteiger charge is 2.12. The van der Waals surface area contributed by atoms with Crippen molar-refractivity contribution in [1.29, 1.82) is 0 Å². The molecule has 0 saturated heterocycles. The highest BCUT2D eigenvalue weighted by Crippen LogP contribution is 2.12. The van der Waals surface area contributed by atoms with Gasteiger partial charge in [-0.25, -0.2) is 0 Å². The average molecular weight is 342 g/mol. The first-order valence-electron chi connectivity index (χ1n) is 9.15. The van der Waals surface area contributed by atoms with Crippen LogP contribution in [0.2, 0.25) is 0 Å². The van der Waals surface area contributed by atoms with Gasteiger partial charge in [0.25, 0.3) is 5.91 Å².